The molecule has 0 saturated carbocycles. The lowest BCUT2D eigenvalue weighted by Gasteiger charge is -2.33. The lowest BCUT2D eigenvalue weighted by molar-refractivity contribution is -0.151. The normalized spacial score (nSPS) is 33.6. The number of allylic oxidation sites excluding steroid dienone is 2. The zero-order chi connectivity index (χ0) is 30.2. The number of methoxy groups -OCH3 is 1. The number of epoxide rings is 1. The van der Waals surface area contributed by atoms with E-state index < -0.39 is 35.8 Å². The van der Waals surface area contributed by atoms with Crippen molar-refractivity contribution in [2.75, 3.05) is 7.11 Å². The van der Waals surface area contributed by atoms with Gasteiger partial charge in [0.2, 0.25) is 0 Å². The van der Waals surface area contributed by atoms with Crippen LogP contribution in [0.4, 0.5) is 0 Å². The predicted molar refractivity (Wildman–Crippen MR) is 154 cm³/mol. The fraction of sp³-hybridized carbons (Fsp3) is 0.750. The van der Waals surface area contributed by atoms with E-state index in [0.29, 0.717) is 12.8 Å². The van der Waals surface area contributed by atoms with Gasteiger partial charge in [-0.2, -0.15) is 0 Å². The van der Waals surface area contributed by atoms with Gasteiger partial charge in [0, 0.05) is 37.2 Å². The van der Waals surface area contributed by atoms with E-state index >= 15 is 0 Å². The van der Waals surface area contributed by atoms with Crippen molar-refractivity contribution in [3.63, 3.8) is 0 Å². The van der Waals surface area contributed by atoms with Crippen LogP contribution in [0, 0.1) is 23.2 Å². The molecule has 8 heteroatoms. The molecule has 0 unspecified atom stereocenters. The Morgan fingerprint density at radius 1 is 1.23 bits per heavy atom. The topological polar surface area (TPSA) is 115 Å². The molecule has 2 N–H and O–H groups in total. The Kier molecular flexibility index (Phi) is 13.1. The highest BCUT2D eigenvalue weighted by molar-refractivity contribution is 5.70. The molecule has 2 rings (SSSR count). The second-order valence-electron chi connectivity index (χ2n) is 12.3. The lowest BCUT2D eigenvalue weighted by Crippen LogP contribution is -2.35. The molecule has 0 aliphatic carbocycles. The van der Waals surface area contributed by atoms with Gasteiger partial charge in [-0.3, -0.25) is 9.59 Å². The van der Waals surface area contributed by atoms with Crippen LogP contribution >= 0.6 is 0 Å². The van der Waals surface area contributed by atoms with Gasteiger partial charge < -0.3 is 29.2 Å². The number of rotatable bonds is 10. The number of ether oxygens (including phenoxy) is 4. The molecule has 10 atom stereocenters. The summed E-state index contributed by atoms with van der Waals surface area (Å²) in [6, 6.07) is 0. The van der Waals surface area contributed by atoms with Crippen molar-refractivity contribution >= 4 is 11.9 Å². The Hall–Kier alpha value is -2.00. The number of aliphatic hydroxyl groups excluding tert-OH is 2. The van der Waals surface area contributed by atoms with E-state index in [-0.39, 0.29) is 48.5 Å². The molecule has 0 bridgehead atoms. The highest BCUT2D eigenvalue weighted by Gasteiger charge is 2.50. The van der Waals surface area contributed by atoms with Gasteiger partial charge in [0.05, 0.1) is 30.8 Å². The van der Waals surface area contributed by atoms with E-state index in [0.717, 1.165) is 12.0 Å². The SMILES string of the molecule is CC[C@H](OC)[C@@H](C)[C@H]1O[C@@H]1[C@@H](O)[C@H](C)/C=C/C=C(\C)[C@H]1OC(=O)C[C@@H](O)CCC(C)(C)[C@@H](OC(C)=O)/C=C/[C@@H]1C. The maximum Gasteiger partial charge on any atom is 0.309 e. The summed E-state index contributed by atoms with van der Waals surface area (Å²) in [5.41, 5.74) is 0.396. The number of esters is 2. The minimum atomic E-state index is -0.844. The first-order valence-corrected chi connectivity index (χ1v) is 14.7. The van der Waals surface area contributed by atoms with Gasteiger partial charge >= 0.3 is 11.9 Å². The van der Waals surface area contributed by atoms with E-state index in [9.17, 15) is 19.8 Å². The molecular formula is C32H52O8. The molecule has 0 radical (unpaired) electrons. The quantitative estimate of drug-likeness (QED) is 0.166. The van der Waals surface area contributed by atoms with Gasteiger partial charge in [-0.25, -0.2) is 0 Å². The smallest absolute Gasteiger partial charge is 0.309 e. The zero-order valence-electron chi connectivity index (χ0n) is 25.8. The third kappa shape index (κ3) is 9.82. The van der Waals surface area contributed by atoms with Crippen LogP contribution in [0.2, 0.25) is 0 Å². The minimum absolute atomic E-state index is 0.0209. The van der Waals surface area contributed by atoms with E-state index in [1.165, 1.54) is 6.92 Å². The summed E-state index contributed by atoms with van der Waals surface area (Å²) in [7, 11) is 1.70. The van der Waals surface area contributed by atoms with Gasteiger partial charge in [0.1, 0.15) is 18.3 Å². The van der Waals surface area contributed by atoms with Crippen LogP contribution in [-0.2, 0) is 28.5 Å². The fourth-order valence-electron chi connectivity index (χ4n) is 5.48. The minimum Gasteiger partial charge on any atom is -0.458 e. The molecule has 228 valence electrons. The molecule has 2 heterocycles. The van der Waals surface area contributed by atoms with Crippen LogP contribution < -0.4 is 0 Å². The van der Waals surface area contributed by atoms with E-state index in [1.807, 2.05) is 65.0 Å². The second-order valence-corrected chi connectivity index (χ2v) is 12.3. The maximum atomic E-state index is 12.7. The third-order valence-corrected chi connectivity index (χ3v) is 8.38. The molecule has 0 aromatic heterocycles. The van der Waals surface area contributed by atoms with Gasteiger partial charge in [-0.1, -0.05) is 65.8 Å². The Labute approximate surface area is 240 Å². The predicted octanol–water partition coefficient (Wildman–Crippen LogP) is 4.92. The van der Waals surface area contributed by atoms with Crippen molar-refractivity contribution in [1.82, 2.24) is 0 Å². The van der Waals surface area contributed by atoms with Gasteiger partial charge in [-0.05, 0) is 37.8 Å². The molecule has 0 spiro atoms. The molecule has 0 aromatic carbocycles. The summed E-state index contributed by atoms with van der Waals surface area (Å²) >= 11 is 0. The monoisotopic (exact) mass is 564 g/mol. The summed E-state index contributed by atoms with van der Waals surface area (Å²) < 4.78 is 22.8. The Balaban J connectivity index is 2.16. The Bertz CT molecular complexity index is 918. The first-order chi connectivity index (χ1) is 18.7. The summed E-state index contributed by atoms with van der Waals surface area (Å²) in [6.45, 7) is 15.3. The second kappa shape index (κ2) is 15.3. The van der Waals surface area contributed by atoms with Crippen LogP contribution in [0.15, 0.2) is 36.0 Å². The van der Waals surface area contributed by atoms with Crippen LogP contribution in [-0.4, -0.2) is 72.0 Å². The molecule has 8 nitrogen and oxygen atoms in total. The maximum absolute atomic E-state index is 12.7. The van der Waals surface area contributed by atoms with Gasteiger partial charge in [0.25, 0.3) is 0 Å². The number of cyclic esters (lactones) is 1. The highest BCUT2D eigenvalue weighted by Crippen LogP contribution is 2.37. The molecule has 2 aliphatic heterocycles. The first kappa shape index (κ1) is 34.2. The molecule has 2 aliphatic rings. The molecule has 0 amide bonds. The molecular weight excluding hydrogens is 512 g/mol. The lowest BCUT2D eigenvalue weighted by atomic mass is 9.80. The van der Waals surface area contributed by atoms with Crippen LogP contribution in [0.3, 0.4) is 0 Å². The van der Waals surface area contributed by atoms with Crippen molar-refractivity contribution in [3.8, 4) is 0 Å². The van der Waals surface area contributed by atoms with Gasteiger partial charge in [0.15, 0.2) is 0 Å². The van der Waals surface area contributed by atoms with Crippen LogP contribution in [0.5, 0.6) is 0 Å². The van der Waals surface area contributed by atoms with E-state index in [2.05, 4.69) is 13.8 Å². The fourth-order valence-corrected chi connectivity index (χ4v) is 5.48. The summed E-state index contributed by atoms with van der Waals surface area (Å²) in [5.74, 6) is -0.989. The van der Waals surface area contributed by atoms with Gasteiger partial charge in [-0.15, -0.1) is 0 Å². The summed E-state index contributed by atoms with van der Waals surface area (Å²) in [5, 5.41) is 21.3. The summed E-state index contributed by atoms with van der Waals surface area (Å²) in [6.07, 6.45) is 8.54. The standard InChI is InChI=1S/C32H52O8/c1-10-25(37-9)22(5)30-31(40-30)28(36)19(2)12-11-13-20(3)29-21(4)14-15-26(38-23(6)33)32(7,8)17-16-24(34)18-27(35)39-29/h11-15,19,21-22,24-26,28-31,34,36H,10,16-18H2,1-9H3/b12-11+,15-14+,20-13+/t19-,21+,22-,24+,25+,26+,28+,29-,30-,31-/m1/s1. The number of hydrogen-bond donors (Lipinski definition) is 2. The van der Waals surface area contributed by atoms with Crippen molar-refractivity contribution in [2.24, 2.45) is 23.2 Å². The number of hydrogen-bond acceptors (Lipinski definition) is 8. The van der Waals surface area contributed by atoms with Crippen molar-refractivity contribution < 1.29 is 38.7 Å². The average Bonchev–Trinajstić information content (AvgIpc) is 3.68. The third-order valence-electron chi connectivity index (χ3n) is 8.38. The van der Waals surface area contributed by atoms with E-state index in [4.69, 9.17) is 18.9 Å². The molecule has 40 heavy (non-hydrogen) atoms. The Morgan fingerprint density at radius 3 is 2.50 bits per heavy atom. The Morgan fingerprint density at radius 2 is 1.90 bits per heavy atom. The van der Waals surface area contributed by atoms with Crippen LogP contribution in [0.25, 0.3) is 0 Å². The molecule has 0 aromatic rings. The van der Waals surface area contributed by atoms with Crippen LogP contribution in [0.1, 0.15) is 81.1 Å². The number of aliphatic hydroxyl groups is 2. The van der Waals surface area contributed by atoms with Crippen molar-refractivity contribution in [3.05, 3.63) is 36.0 Å². The molecule has 1 saturated heterocycles. The largest absolute Gasteiger partial charge is 0.458 e. The summed E-state index contributed by atoms with van der Waals surface area (Å²) in [4.78, 5) is 24.5. The highest BCUT2D eigenvalue weighted by atomic mass is 16.6. The van der Waals surface area contributed by atoms with Crippen molar-refractivity contribution in [1.29, 1.82) is 0 Å². The molecule has 1 fully saturated rings. The van der Waals surface area contributed by atoms with Crippen molar-refractivity contribution in [2.45, 2.75) is 124 Å². The number of carbonyl (C=O) groups is 2. The zero-order valence-corrected chi connectivity index (χ0v) is 25.8. The first-order valence-electron chi connectivity index (χ1n) is 14.7. The number of carbonyl (C=O) groups excluding carboxylic acids is 2. The van der Waals surface area contributed by atoms with E-state index in [1.54, 1.807) is 7.11 Å². The average molecular weight is 565 g/mol.